The minimum atomic E-state index is -0.0252. The van der Waals surface area contributed by atoms with Crippen molar-refractivity contribution in [1.29, 1.82) is 0 Å². The Morgan fingerprint density at radius 1 is 1.06 bits per heavy atom. The highest BCUT2D eigenvalue weighted by Crippen LogP contribution is 2.31. The number of rotatable bonds is 1. The van der Waals surface area contributed by atoms with Crippen molar-refractivity contribution in [2.45, 2.75) is 13.8 Å². The van der Waals surface area contributed by atoms with Crippen LogP contribution in [0.4, 0.5) is 0 Å². The summed E-state index contributed by atoms with van der Waals surface area (Å²) >= 11 is 0. The number of hydrogen-bond donors (Lipinski definition) is 0. The predicted molar refractivity (Wildman–Crippen MR) is 68.5 cm³/mol. The molecule has 0 saturated carbocycles. The number of Topliss-reactive ketones (excluding diaryl/α,β-unsaturated/α-hetero) is 1. The van der Waals surface area contributed by atoms with Crippen molar-refractivity contribution in [2.75, 3.05) is 0 Å². The van der Waals surface area contributed by atoms with Crippen LogP contribution in [0.1, 0.15) is 23.0 Å². The van der Waals surface area contributed by atoms with Crippen molar-refractivity contribution >= 4 is 27.5 Å². The third-order valence-corrected chi connectivity index (χ3v) is 3.15. The summed E-state index contributed by atoms with van der Waals surface area (Å²) in [5.41, 5.74) is 1.74. The van der Waals surface area contributed by atoms with Crippen LogP contribution in [0.15, 0.2) is 40.8 Å². The van der Waals surface area contributed by atoms with E-state index in [9.17, 15) is 4.79 Å². The Bertz CT molecular complexity index is 735. The van der Waals surface area contributed by atoms with Crippen LogP contribution < -0.4 is 0 Å². The van der Waals surface area contributed by atoms with Gasteiger partial charge in [-0.3, -0.25) is 4.79 Å². The predicted octanol–water partition coefficient (Wildman–Crippen LogP) is 4.10. The van der Waals surface area contributed by atoms with Gasteiger partial charge in [0.25, 0.3) is 0 Å². The van der Waals surface area contributed by atoms with Crippen molar-refractivity contribution in [3.8, 4) is 0 Å². The monoisotopic (exact) mass is 224 g/mol. The van der Waals surface area contributed by atoms with Crippen LogP contribution in [0, 0.1) is 6.92 Å². The number of fused-ring (bicyclic) bond motifs is 3. The zero-order valence-electron chi connectivity index (χ0n) is 9.78. The van der Waals surface area contributed by atoms with E-state index in [4.69, 9.17) is 4.42 Å². The first-order valence-corrected chi connectivity index (χ1v) is 5.60. The maximum absolute atomic E-state index is 11.5. The van der Waals surface area contributed by atoms with E-state index in [2.05, 4.69) is 6.07 Å². The lowest BCUT2D eigenvalue weighted by Crippen LogP contribution is -1.90. The third-order valence-electron chi connectivity index (χ3n) is 3.15. The molecule has 0 aliphatic carbocycles. The number of hydrogen-bond acceptors (Lipinski definition) is 2. The molecule has 0 aliphatic heterocycles. The summed E-state index contributed by atoms with van der Waals surface area (Å²) in [7, 11) is 0. The van der Waals surface area contributed by atoms with Gasteiger partial charge in [-0.2, -0.15) is 0 Å². The maximum atomic E-state index is 11.5. The topological polar surface area (TPSA) is 30.2 Å². The van der Waals surface area contributed by atoms with Gasteiger partial charge < -0.3 is 4.42 Å². The van der Waals surface area contributed by atoms with E-state index in [0.29, 0.717) is 5.76 Å². The van der Waals surface area contributed by atoms with E-state index >= 15 is 0 Å². The molecular formula is C15H12O2. The molecule has 0 saturated heterocycles. The molecule has 1 heterocycles. The summed E-state index contributed by atoms with van der Waals surface area (Å²) in [4.78, 5) is 11.5. The lowest BCUT2D eigenvalue weighted by Gasteiger charge is -1.97. The van der Waals surface area contributed by atoms with Crippen LogP contribution in [0.3, 0.4) is 0 Å². The number of furan rings is 1. The second kappa shape index (κ2) is 3.45. The van der Waals surface area contributed by atoms with Gasteiger partial charge in [0.15, 0.2) is 11.5 Å². The lowest BCUT2D eigenvalue weighted by molar-refractivity contribution is 0.0988. The molecule has 0 radical (unpaired) electrons. The Morgan fingerprint density at radius 3 is 2.59 bits per heavy atom. The summed E-state index contributed by atoms with van der Waals surface area (Å²) in [5.74, 6) is 0.444. The molecule has 3 aromatic rings. The fourth-order valence-electron chi connectivity index (χ4n) is 2.29. The summed E-state index contributed by atoms with van der Waals surface area (Å²) in [6.07, 6.45) is 0. The first-order chi connectivity index (χ1) is 8.18. The average molecular weight is 224 g/mol. The molecule has 0 atom stereocenters. The van der Waals surface area contributed by atoms with Crippen molar-refractivity contribution < 1.29 is 9.21 Å². The Morgan fingerprint density at radius 2 is 1.82 bits per heavy atom. The van der Waals surface area contributed by atoms with Crippen LogP contribution in [0.2, 0.25) is 0 Å². The standard InChI is InChI=1S/C15H12O2/c1-9-12-8-7-11-5-3-4-6-13(11)15(12)17-14(9)10(2)16/h3-8H,1-2H3. The number of carbonyl (C=O) groups is 1. The Kier molecular flexibility index (Phi) is 2.05. The van der Waals surface area contributed by atoms with Crippen LogP contribution in [-0.4, -0.2) is 5.78 Å². The van der Waals surface area contributed by atoms with E-state index in [1.807, 2.05) is 37.3 Å². The summed E-state index contributed by atoms with van der Waals surface area (Å²) < 4.78 is 5.72. The molecule has 0 amide bonds. The highest BCUT2D eigenvalue weighted by atomic mass is 16.3. The first kappa shape index (κ1) is 10.1. The molecule has 0 bridgehead atoms. The van der Waals surface area contributed by atoms with Crippen LogP contribution >= 0.6 is 0 Å². The number of ketones is 1. The molecular weight excluding hydrogens is 212 g/mol. The third kappa shape index (κ3) is 1.37. The molecule has 0 N–H and O–H groups in total. The lowest BCUT2D eigenvalue weighted by atomic mass is 10.1. The number of carbonyl (C=O) groups excluding carboxylic acids is 1. The molecule has 0 spiro atoms. The Labute approximate surface area is 98.8 Å². The molecule has 2 heteroatoms. The molecule has 0 unspecified atom stereocenters. The largest absolute Gasteiger partial charge is 0.452 e. The van der Waals surface area contributed by atoms with E-state index < -0.39 is 0 Å². The maximum Gasteiger partial charge on any atom is 0.195 e. The van der Waals surface area contributed by atoms with Gasteiger partial charge in [-0.1, -0.05) is 36.4 Å². The van der Waals surface area contributed by atoms with Crippen LogP contribution in [-0.2, 0) is 0 Å². The number of benzene rings is 2. The van der Waals surface area contributed by atoms with Gasteiger partial charge in [0.2, 0.25) is 0 Å². The average Bonchev–Trinajstić information content (AvgIpc) is 2.67. The fourth-order valence-corrected chi connectivity index (χ4v) is 2.29. The molecule has 2 aromatic carbocycles. The minimum Gasteiger partial charge on any atom is -0.452 e. The van der Waals surface area contributed by atoms with E-state index in [1.54, 1.807) is 0 Å². The molecule has 2 nitrogen and oxygen atoms in total. The quantitative estimate of drug-likeness (QED) is 0.582. The Balaban J connectivity index is 2.51. The Hall–Kier alpha value is -2.09. The second-order valence-corrected chi connectivity index (χ2v) is 4.28. The number of aryl methyl sites for hydroxylation is 1. The van der Waals surface area contributed by atoms with Gasteiger partial charge >= 0.3 is 0 Å². The first-order valence-electron chi connectivity index (χ1n) is 5.60. The van der Waals surface area contributed by atoms with E-state index in [-0.39, 0.29) is 5.78 Å². The van der Waals surface area contributed by atoms with Gasteiger partial charge in [0.05, 0.1) is 0 Å². The molecule has 17 heavy (non-hydrogen) atoms. The zero-order valence-corrected chi connectivity index (χ0v) is 9.78. The van der Waals surface area contributed by atoms with Crippen molar-refractivity contribution in [3.05, 3.63) is 47.7 Å². The molecule has 1 aromatic heterocycles. The van der Waals surface area contributed by atoms with Crippen molar-refractivity contribution in [1.82, 2.24) is 0 Å². The van der Waals surface area contributed by atoms with Gasteiger partial charge in [-0.05, 0) is 12.3 Å². The smallest absolute Gasteiger partial charge is 0.195 e. The second-order valence-electron chi connectivity index (χ2n) is 4.28. The zero-order chi connectivity index (χ0) is 12.0. The minimum absolute atomic E-state index is 0.0252. The summed E-state index contributed by atoms with van der Waals surface area (Å²) in [6.45, 7) is 3.46. The van der Waals surface area contributed by atoms with Gasteiger partial charge in [-0.15, -0.1) is 0 Å². The molecule has 84 valence electrons. The summed E-state index contributed by atoms with van der Waals surface area (Å²) in [5, 5.41) is 3.21. The van der Waals surface area contributed by atoms with Crippen LogP contribution in [0.25, 0.3) is 21.7 Å². The highest BCUT2D eigenvalue weighted by molar-refractivity contribution is 6.08. The van der Waals surface area contributed by atoms with E-state index in [0.717, 1.165) is 27.3 Å². The van der Waals surface area contributed by atoms with Crippen LogP contribution in [0.5, 0.6) is 0 Å². The van der Waals surface area contributed by atoms with Gasteiger partial charge in [0.1, 0.15) is 5.58 Å². The fraction of sp³-hybridized carbons (Fsp3) is 0.133. The van der Waals surface area contributed by atoms with Gasteiger partial charge in [-0.25, -0.2) is 0 Å². The van der Waals surface area contributed by atoms with Crippen molar-refractivity contribution in [3.63, 3.8) is 0 Å². The highest BCUT2D eigenvalue weighted by Gasteiger charge is 2.15. The van der Waals surface area contributed by atoms with Crippen molar-refractivity contribution in [2.24, 2.45) is 0 Å². The SMILES string of the molecule is CC(=O)c1oc2c(ccc3ccccc32)c1C. The molecule has 0 aliphatic rings. The normalized spacial score (nSPS) is 11.2. The molecule has 0 fully saturated rings. The van der Waals surface area contributed by atoms with E-state index in [1.165, 1.54) is 6.92 Å². The van der Waals surface area contributed by atoms with Gasteiger partial charge in [0, 0.05) is 23.3 Å². The summed E-state index contributed by atoms with van der Waals surface area (Å²) in [6, 6.07) is 12.1. The molecule has 3 rings (SSSR count).